The van der Waals surface area contributed by atoms with Gasteiger partial charge in [0.05, 0.1) is 29.6 Å². The van der Waals surface area contributed by atoms with Crippen molar-refractivity contribution in [3.63, 3.8) is 0 Å². The Morgan fingerprint density at radius 2 is 1.88 bits per heavy atom. The molecule has 0 spiro atoms. The van der Waals surface area contributed by atoms with Crippen molar-refractivity contribution < 1.29 is 32.2 Å². The molecular weight excluding hydrogens is 634 g/mol. The second-order valence-electron chi connectivity index (χ2n) is 12.2. The van der Waals surface area contributed by atoms with Gasteiger partial charge in [0.15, 0.2) is 0 Å². The molecule has 4 N–H and O–H groups in total. The van der Waals surface area contributed by atoms with Gasteiger partial charge < -0.3 is 30.4 Å². The van der Waals surface area contributed by atoms with E-state index in [0.29, 0.717) is 5.69 Å². The number of primary amides is 1. The number of fused-ring (bicyclic) bond motifs is 1. The number of imidazole rings is 1. The number of carbonyl (C=O) groups excluding carboxylic acids is 2. The monoisotopic (exact) mass is 672 g/mol. The number of nitrogens with zero attached hydrogens (tertiary/aromatic N) is 3. The fourth-order valence-electron chi connectivity index (χ4n) is 5.86. The largest absolute Gasteiger partial charge is 0.514 e. The van der Waals surface area contributed by atoms with Crippen LogP contribution < -0.4 is 21.1 Å². The Kier molecular flexibility index (Phi) is 12.7. The van der Waals surface area contributed by atoms with Gasteiger partial charge in [0.2, 0.25) is 0 Å². The second-order valence-corrected chi connectivity index (χ2v) is 12.2. The summed E-state index contributed by atoms with van der Waals surface area (Å²) in [5.74, 6) is 5.31. The molecule has 0 bridgehead atoms. The highest BCUT2D eigenvalue weighted by atomic mass is 19.4. The average Bonchev–Trinajstić information content (AvgIpc) is 3.43. The number of piperidine rings is 1. The smallest absolute Gasteiger partial charge is 0.406 e. The zero-order chi connectivity index (χ0) is 35.8. The first kappa shape index (κ1) is 37.7. The molecule has 10 nitrogen and oxygen atoms in total. The lowest BCUT2D eigenvalue weighted by molar-refractivity contribution is -0.140. The summed E-state index contributed by atoms with van der Waals surface area (Å²) in [6.07, 6.45) is 1.84. The molecule has 2 fully saturated rings. The standard InChI is InChI=1S/C22H17B3F3N5O3.C11H21NO/c1-30-20(35)13-4-5-15(17(9-13)36-22(23,24)25)31-6-2-3-12-7-14(19(29)34)18-16(8-12)33(11-32-18)10-21(26,27)28;1-10-3-2-6-12(9-10)11-4-7-13-8-5-11/h4-5,7-9,11,31H,6,10H2,1H3,(H2,29,34)(H,30,35);10-11H,2-9H2,1H3. The lowest BCUT2D eigenvalue weighted by Crippen LogP contribution is -2.44. The number of halogens is 3. The third-order valence-electron chi connectivity index (χ3n) is 8.09. The minimum absolute atomic E-state index is 0.0220. The van der Waals surface area contributed by atoms with Crippen molar-refractivity contribution in [1.82, 2.24) is 19.8 Å². The molecular formula is C33H38B3F3N6O4. The Morgan fingerprint density at radius 3 is 2.51 bits per heavy atom. The highest BCUT2D eigenvalue weighted by Gasteiger charge is 2.29. The molecule has 2 aliphatic rings. The first-order chi connectivity index (χ1) is 23.1. The van der Waals surface area contributed by atoms with Crippen LogP contribution in [-0.2, 0) is 11.3 Å². The summed E-state index contributed by atoms with van der Waals surface area (Å²) in [5, 5.41) is 3.39. The maximum atomic E-state index is 12.9. The van der Waals surface area contributed by atoms with Gasteiger partial charge >= 0.3 is 6.18 Å². The Labute approximate surface area is 288 Å². The van der Waals surface area contributed by atoms with E-state index in [1.54, 1.807) is 0 Å². The molecule has 2 amide bonds. The summed E-state index contributed by atoms with van der Waals surface area (Å²) in [6.45, 7) is 5.73. The van der Waals surface area contributed by atoms with E-state index in [1.807, 2.05) is 0 Å². The van der Waals surface area contributed by atoms with Crippen molar-refractivity contribution >= 4 is 52.1 Å². The van der Waals surface area contributed by atoms with Crippen LogP contribution in [0.4, 0.5) is 18.9 Å². The molecule has 2 saturated heterocycles. The van der Waals surface area contributed by atoms with Gasteiger partial charge in [-0.15, -0.1) is 0 Å². The minimum atomic E-state index is -4.49. The highest BCUT2D eigenvalue weighted by Crippen LogP contribution is 2.28. The van der Waals surface area contributed by atoms with Gasteiger partial charge in [-0.3, -0.25) is 14.5 Å². The van der Waals surface area contributed by atoms with Crippen LogP contribution in [0.2, 0.25) is 0 Å². The summed E-state index contributed by atoms with van der Waals surface area (Å²) in [4.78, 5) is 30.3. The number of nitrogens with two attached hydrogens (primary N) is 1. The van der Waals surface area contributed by atoms with Crippen molar-refractivity contribution in [3.05, 3.63) is 53.3 Å². The highest BCUT2D eigenvalue weighted by molar-refractivity contribution is 6.58. The van der Waals surface area contributed by atoms with Crippen molar-refractivity contribution in [2.24, 2.45) is 11.7 Å². The van der Waals surface area contributed by atoms with Crippen LogP contribution >= 0.6 is 0 Å². The zero-order valence-electron chi connectivity index (χ0n) is 27.6. The molecule has 3 aromatic rings. The molecule has 5 rings (SSSR count). The van der Waals surface area contributed by atoms with Crippen LogP contribution in [0.3, 0.4) is 0 Å². The summed E-state index contributed by atoms with van der Waals surface area (Å²) >= 11 is 0. The van der Waals surface area contributed by atoms with E-state index < -0.39 is 23.9 Å². The summed E-state index contributed by atoms with van der Waals surface area (Å²) in [7, 11) is 18.0. The van der Waals surface area contributed by atoms with Crippen LogP contribution in [0, 0.1) is 17.8 Å². The minimum Gasteiger partial charge on any atom is -0.514 e. The first-order valence-corrected chi connectivity index (χ1v) is 15.9. The first-order valence-electron chi connectivity index (χ1n) is 15.9. The molecule has 16 heteroatoms. The van der Waals surface area contributed by atoms with Crippen molar-refractivity contribution in [1.29, 1.82) is 0 Å². The molecule has 254 valence electrons. The van der Waals surface area contributed by atoms with Crippen LogP contribution in [-0.4, -0.2) is 107 Å². The fourth-order valence-corrected chi connectivity index (χ4v) is 5.86. The molecule has 3 heterocycles. The number of likely N-dealkylation sites (tertiary alicyclic amines) is 1. The number of rotatable bonds is 8. The number of benzene rings is 2. The Balaban J connectivity index is 0.000000344. The normalized spacial score (nSPS) is 17.3. The topological polar surface area (TPSA) is 124 Å². The molecule has 2 aromatic carbocycles. The van der Waals surface area contributed by atoms with E-state index in [1.165, 1.54) is 76.2 Å². The van der Waals surface area contributed by atoms with Gasteiger partial charge in [0.1, 0.15) is 41.3 Å². The van der Waals surface area contributed by atoms with E-state index >= 15 is 0 Å². The number of hydrogen-bond acceptors (Lipinski definition) is 7. The summed E-state index contributed by atoms with van der Waals surface area (Å²) in [6, 6.07) is 7.98. The Bertz CT molecular complexity index is 1680. The Morgan fingerprint density at radius 1 is 1.14 bits per heavy atom. The van der Waals surface area contributed by atoms with Crippen LogP contribution in [0.25, 0.3) is 11.0 Å². The molecule has 6 radical (unpaired) electrons. The van der Waals surface area contributed by atoms with Gasteiger partial charge in [-0.2, -0.15) is 13.2 Å². The number of carbonyl (C=O) groups is 2. The molecule has 0 saturated carbocycles. The number of alkyl halides is 3. The quantitative estimate of drug-likeness (QED) is 0.249. The number of ether oxygens (including phenoxy) is 2. The number of anilines is 1. The zero-order valence-corrected chi connectivity index (χ0v) is 27.6. The number of nitrogens with one attached hydrogen (secondary N) is 2. The van der Waals surface area contributed by atoms with Gasteiger partial charge in [-0.25, -0.2) is 4.98 Å². The molecule has 1 aromatic heterocycles. The molecule has 1 atom stereocenters. The van der Waals surface area contributed by atoms with Gasteiger partial charge in [-0.1, -0.05) is 18.8 Å². The lowest BCUT2D eigenvalue weighted by Gasteiger charge is -2.39. The van der Waals surface area contributed by atoms with Crippen LogP contribution in [0.1, 0.15) is 58.9 Å². The van der Waals surface area contributed by atoms with Crippen molar-refractivity contribution in [2.45, 2.75) is 56.7 Å². The summed E-state index contributed by atoms with van der Waals surface area (Å²) in [5.41, 5.74) is 6.30. The SMILES string of the molecule is CC1CCCN(C2CCOCC2)C1.[B]C([B])([B])Oc1cc(C(=O)NC)ccc1NCC#Cc1cc(C(N)=O)c2ncn(CC(F)(F)F)c2c1. The van der Waals surface area contributed by atoms with E-state index in [0.717, 1.165) is 36.1 Å². The van der Waals surface area contributed by atoms with Gasteiger partial charge in [0.25, 0.3) is 11.8 Å². The molecule has 0 aliphatic carbocycles. The molecule has 1 unspecified atom stereocenters. The van der Waals surface area contributed by atoms with E-state index in [4.69, 9.17) is 38.7 Å². The van der Waals surface area contributed by atoms with Gasteiger partial charge in [0, 0.05) is 44.0 Å². The van der Waals surface area contributed by atoms with E-state index in [2.05, 4.69) is 39.3 Å². The summed E-state index contributed by atoms with van der Waals surface area (Å²) < 4.78 is 50.3. The molecule has 2 aliphatic heterocycles. The van der Waals surface area contributed by atoms with E-state index in [-0.39, 0.29) is 45.9 Å². The predicted molar refractivity (Wildman–Crippen MR) is 184 cm³/mol. The average molecular weight is 672 g/mol. The second kappa shape index (κ2) is 16.5. The predicted octanol–water partition coefficient (Wildman–Crippen LogP) is 2.91. The van der Waals surface area contributed by atoms with Gasteiger partial charge in [-0.05, 0) is 73.8 Å². The number of hydrogen-bond donors (Lipinski definition) is 3. The van der Waals surface area contributed by atoms with Crippen LogP contribution in [0.5, 0.6) is 5.75 Å². The fraction of sp³-hybridized carbons (Fsp3) is 0.485. The van der Waals surface area contributed by atoms with Crippen molar-refractivity contribution in [2.75, 3.05) is 45.2 Å². The third kappa shape index (κ3) is 11.2. The number of amides is 2. The van der Waals surface area contributed by atoms with Crippen molar-refractivity contribution in [3.8, 4) is 17.6 Å². The molecule has 49 heavy (non-hydrogen) atoms. The lowest BCUT2D eigenvalue weighted by atomic mass is 9.52. The van der Waals surface area contributed by atoms with E-state index in [9.17, 15) is 22.8 Å². The maximum Gasteiger partial charge on any atom is 0.406 e. The number of aromatic nitrogens is 2. The van der Waals surface area contributed by atoms with Crippen LogP contribution in [0.15, 0.2) is 36.7 Å². The third-order valence-corrected chi connectivity index (χ3v) is 8.09. The Hall–Kier alpha value is -4.09. The maximum absolute atomic E-state index is 12.9.